The minimum atomic E-state index is -0.392. The standard InChI is InChI=1S/C8H12N2O2/c1-4(9)7-5(11)2-3-6(12)8(7)10/h2-4,11-12H,9-10H2,1H3/t4-/m1/s1. The molecule has 0 saturated carbocycles. The van der Waals surface area contributed by atoms with E-state index in [1.54, 1.807) is 6.92 Å². The Balaban J connectivity index is 3.33. The van der Waals surface area contributed by atoms with Crippen LogP contribution in [0.5, 0.6) is 11.5 Å². The van der Waals surface area contributed by atoms with E-state index in [1.165, 1.54) is 12.1 Å². The van der Waals surface area contributed by atoms with Crippen molar-refractivity contribution in [3.8, 4) is 11.5 Å². The summed E-state index contributed by atoms with van der Waals surface area (Å²) in [6.07, 6.45) is 0. The van der Waals surface area contributed by atoms with Crippen molar-refractivity contribution in [3.05, 3.63) is 17.7 Å². The SMILES string of the molecule is C[C@@H](N)c1c(O)ccc(O)c1N. The van der Waals surface area contributed by atoms with E-state index >= 15 is 0 Å². The van der Waals surface area contributed by atoms with E-state index in [0.717, 1.165) is 0 Å². The van der Waals surface area contributed by atoms with Crippen molar-refractivity contribution in [3.63, 3.8) is 0 Å². The van der Waals surface area contributed by atoms with Gasteiger partial charge >= 0.3 is 0 Å². The average molecular weight is 168 g/mol. The molecular formula is C8H12N2O2. The summed E-state index contributed by atoms with van der Waals surface area (Å²) >= 11 is 0. The summed E-state index contributed by atoms with van der Waals surface area (Å²) in [5, 5.41) is 18.5. The number of hydrogen-bond donors (Lipinski definition) is 4. The Bertz CT molecular complexity index is 297. The molecule has 1 aromatic carbocycles. The van der Waals surface area contributed by atoms with Crippen LogP contribution in [0.25, 0.3) is 0 Å². The first kappa shape index (κ1) is 8.67. The maximum atomic E-state index is 9.32. The number of phenolic OH excluding ortho intramolecular Hbond substituents is 2. The van der Waals surface area contributed by atoms with E-state index in [0.29, 0.717) is 5.56 Å². The number of rotatable bonds is 1. The largest absolute Gasteiger partial charge is 0.508 e. The first-order valence-corrected chi connectivity index (χ1v) is 3.60. The molecule has 0 saturated heterocycles. The Labute approximate surface area is 70.4 Å². The molecular weight excluding hydrogens is 156 g/mol. The quantitative estimate of drug-likeness (QED) is 0.282. The van der Waals surface area contributed by atoms with Gasteiger partial charge in [0.15, 0.2) is 0 Å². The van der Waals surface area contributed by atoms with Crippen LogP contribution < -0.4 is 11.5 Å². The Morgan fingerprint density at radius 2 is 1.75 bits per heavy atom. The smallest absolute Gasteiger partial charge is 0.139 e. The van der Waals surface area contributed by atoms with Crippen LogP contribution in [0.3, 0.4) is 0 Å². The first-order valence-electron chi connectivity index (χ1n) is 3.60. The average Bonchev–Trinajstić information content (AvgIpc) is 1.97. The fourth-order valence-electron chi connectivity index (χ4n) is 1.09. The highest BCUT2D eigenvalue weighted by Crippen LogP contribution is 2.34. The van der Waals surface area contributed by atoms with E-state index in [1.807, 2.05) is 0 Å². The molecule has 0 aliphatic rings. The fraction of sp³-hybridized carbons (Fsp3) is 0.250. The minimum Gasteiger partial charge on any atom is -0.508 e. The Morgan fingerprint density at radius 3 is 2.17 bits per heavy atom. The van der Waals surface area contributed by atoms with Gasteiger partial charge in [-0.2, -0.15) is 0 Å². The third-order valence-electron chi connectivity index (χ3n) is 1.70. The molecule has 0 aliphatic carbocycles. The van der Waals surface area contributed by atoms with Gasteiger partial charge in [-0.25, -0.2) is 0 Å². The summed E-state index contributed by atoms with van der Waals surface area (Å²) in [6, 6.07) is 2.30. The minimum absolute atomic E-state index is 0.0142. The van der Waals surface area contributed by atoms with Crippen molar-refractivity contribution >= 4 is 5.69 Å². The third-order valence-corrected chi connectivity index (χ3v) is 1.70. The highest BCUT2D eigenvalue weighted by atomic mass is 16.3. The highest BCUT2D eigenvalue weighted by molar-refractivity contribution is 5.63. The number of benzene rings is 1. The molecule has 0 bridgehead atoms. The number of hydrogen-bond acceptors (Lipinski definition) is 4. The molecule has 1 aromatic rings. The first-order chi connectivity index (χ1) is 5.54. The van der Waals surface area contributed by atoms with Gasteiger partial charge in [0.05, 0.1) is 5.69 Å². The van der Waals surface area contributed by atoms with Gasteiger partial charge in [-0.05, 0) is 19.1 Å². The van der Waals surface area contributed by atoms with Gasteiger partial charge < -0.3 is 21.7 Å². The second kappa shape index (κ2) is 2.91. The molecule has 0 fully saturated rings. The third kappa shape index (κ3) is 1.29. The summed E-state index contributed by atoms with van der Waals surface area (Å²) in [5.41, 5.74) is 11.6. The normalized spacial score (nSPS) is 12.8. The lowest BCUT2D eigenvalue weighted by Crippen LogP contribution is -2.08. The lowest BCUT2D eigenvalue weighted by atomic mass is 10.1. The monoisotopic (exact) mass is 168 g/mol. The molecule has 0 spiro atoms. The van der Waals surface area contributed by atoms with Gasteiger partial charge in [0.25, 0.3) is 0 Å². The molecule has 0 unspecified atom stereocenters. The maximum absolute atomic E-state index is 9.32. The highest BCUT2D eigenvalue weighted by Gasteiger charge is 2.12. The molecule has 0 radical (unpaired) electrons. The molecule has 12 heavy (non-hydrogen) atoms. The molecule has 0 amide bonds. The van der Waals surface area contributed by atoms with Crippen molar-refractivity contribution in [2.75, 3.05) is 5.73 Å². The fourth-order valence-corrected chi connectivity index (χ4v) is 1.09. The van der Waals surface area contributed by atoms with E-state index in [4.69, 9.17) is 11.5 Å². The number of aromatic hydroxyl groups is 2. The molecule has 0 aromatic heterocycles. The lowest BCUT2D eigenvalue weighted by Gasteiger charge is -2.12. The molecule has 4 nitrogen and oxygen atoms in total. The Kier molecular flexibility index (Phi) is 2.10. The van der Waals surface area contributed by atoms with Gasteiger partial charge in [0.1, 0.15) is 11.5 Å². The van der Waals surface area contributed by atoms with Gasteiger partial charge in [0, 0.05) is 11.6 Å². The molecule has 0 aliphatic heterocycles. The van der Waals surface area contributed by atoms with Crippen LogP contribution in [-0.4, -0.2) is 10.2 Å². The van der Waals surface area contributed by atoms with Gasteiger partial charge in [0.2, 0.25) is 0 Å². The van der Waals surface area contributed by atoms with E-state index in [9.17, 15) is 10.2 Å². The van der Waals surface area contributed by atoms with Gasteiger partial charge in [-0.3, -0.25) is 0 Å². The predicted octanol–water partition coefficient (Wildman–Crippen LogP) is 0.700. The zero-order valence-corrected chi connectivity index (χ0v) is 6.78. The summed E-state index contributed by atoms with van der Waals surface area (Å²) in [4.78, 5) is 0. The summed E-state index contributed by atoms with van der Waals surface area (Å²) in [5.74, 6) is -0.0413. The summed E-state index contributed by atoms with van der Waals surface area (Å²) < 4.78 is 0. The summed E-state index contributed by atoms with van der Waals surface area (Å²) in [7, 11) is 0. The van der Waals surface area contributed by atoms with Crippen molar-refractivity contribution < 1.29 is 10.2 Å². The predicted molar refractivity (Wildman–Crippen MR) is 46.8 cm³/mol. The van der Waals surface area contributed by atoms with Crippen LogP contribution in [0.15, 0.2) is 12.1 Å². The topological polar surface area (TPSA) is 92.5 Å². The number of phenols is 2. The second-order valence-electron chi connectivity index (χ2n) is 2.72. The van der Waals surface area contributed by atoms with Crippen LogP contribution in [0.1, 0.15) is 18.5 Å². The molecule has 0 heterocycles. The zero-order chi connectivity index (χ0) is 9.30. The molecule has 4 heteroatoms. The molecule has 1 rings (SSSR count). The van der Waals surface area contributed by atoms with Crippen molar-refractivity contribution in [2.24, 2.45) is 5.73 Å². The number of nitrogens with two attached hydrogens (primary N) is 2. The number of nitrogen functional groups attached to an aromatic ring is 1. The zero-order valence-electron chi connectivity index (χ0n) is 6.78. The van der Waals surface area contributed by atoms with Crippen LogP contribution in [0, 0.1) is 0 Å². The molecule has 6 N–H and O–H groups in total. The van der Waals surface area contributed by atoms with Gasteiger partial charge in [-0.15, -0.1) is 0 Å². The summed E-state index contributed by atoms with van der Waals surface area (Å²) in [6.45, 7) is 1.69. The van der Waals surface area contributed by atoms with Crippen LogP contribution in [-0.2, 0) is 0 Å². The van der Waals surface area contributed by atoms with Crippen molar-refractivity contribution in [2.45, 2.75) is 13.0 Å². The van der Waals surface area contributed by atoms with E-state index in [2.05, 4.69) is 0 Å². The van der Waals surface area contributed by atoms with Crippen LogP contribution in [0.4, 0.5) is 5.69 Å². The Morgan fingerprint density at radius 1 is 1.25 bits per heavy atom. The van der Waals surface area contributed by atoms with E-state index < -0.39 is 6.04 Å². The second-order valence-corrected chi connectivity index (χ2v) is 2.72. The van der Waals surface area contributed by atoms with Crippen molar-refractivity contribution in [1.29, 1.82) is 0 Å². The van der Waals surface area contributed by atoms with E-state index in [-0.39, 0.29) is 17.2 Å². The number of anilines is 1. The molecule has 1 atom stereocenters. The van der Waals surface area contributed by atoms with Crippen LogP contribution >= 0.6 is 0 Å². The van der Waals surface area contributed by atoms with Crippen molar-refractivity contribution in [1.82, 2.24) is 0 Å². The van der Waals surface area contributed by atoms with Crippen LogP contribution in [0.2, 0.25) is 0 Å². The Hall–Kier alpha value is -1.42. The lowest BCUT2D eigenvalue weighted by molar-refractivity contribution is 0.452. The maximum Gasteiger partial charge on any atom is 0.139 e. The van der Waals surface area contributed by atoms with Gasteiger partial charge in [-0.1, -0.05) is 0 Å². The molecule has 66 valence electrons.